The molecule has 287 valence electrons. The number of hydrogen-bond donors (Lipinski definition) is 0. The molecule has 0 aliphatic heterocycles. The monoisotopic (exact) mass is 872 g/mol. The van der Waals surface area contributed by atoms with Gasteiger partial charge in [0.1, 0.15) is 0 Å². The summed E-state index contributed by atoms with van der Waals surface area (Å²) in [4.78, 5) is 0. The first-order chi connectivity index (χ1) is 26.9. The summed E-state index contributed by atoms with van der Waals surface area (Å²) >= 11 is 0. The van der Waals surface area contributed by atoms with Crippen molar-refractivity contribution in [3.8, 4) is 0 Å². The van der Waals surface area contributed by atoms with E-state index in [1.54, 1.807) is 0 Å². The van der Waals surface area contributed by atoms with Crippen molar-refractivity contribution < 1.29 is 36.7 Å². The zero-order chi connectivity index (χ0) is 38.0. The van der Waals surface area contributed by atoms with Crippen LogP contribution in [0.15, 0.2) is 194 Å². The Bertz CT molecular complexity index is 1870. The molecule has 56 heavy (non-hydrogen) atoms. The second-order valence-corrected chi connectivity index (χ2v) is 18.6. The van der Waals surface area contributed by atoms with E-state index in [0.717, 1.165) is 0 Å². The average Bonchev–Trinajstić information content (AvgIpc) is 3.20. The Labute approximate surface area is 344 Å². The Balaban J connectivity index is 0.000000326. The van der Waals surface area contributed by atoms with Crippen LogP contribution in [0.4, 0.5) is 17.3 Å². The van der Waals surface area contributed by atoms with Gasteiger partial charge in [-0.1, -0.05) is 194 Å². The van der Waals surface area contributed by atoms with Crippen molar-refractivity contribution in [1.29, 1.82) is 0 Å². The smallest absolute Gasteiger partial charge is 0.418 e. The van der Waals surface area contributed by atoms with Crippen molar-refractivity contribution in [2.75, 3.05) is 0 Å². The van der Waals surface area contributed by atoms with Gasteiger partial charge in [0.15, 0.2) is 0 Å². The third-order valence-corrected chi connectivity index (χ3v) is 16.5. The molecule has 0 amide bonds. The van der Waals surface area contributed by atoms with Crippen LogP contribution in [-0.4, -0.2) is 18.6 Å². The van der Waals surface area contributed by atoms with Crippen molar-refractivity contribution >= 4 is 44.3 Å². The summed E-state index contributed by atoms with van der Waals surface area (Å²) in [5.41, 5.74) is 7.06. The zero-order valence-corrected chi connectivity index (χ0v) is 34.4. The predicted octanol–water partition coefficient (Wildman–Crippen LogP) is 12.3. The molecule has 0 nitrogen and oxygen atoms in total. The van der Waals surface area contributed by atoms with Crippen molar-refractivity contribution in [3.05, 3.63) is 216 Å². The second-order valence-electron chi connectivity index (χ2n) is 13.9. The van der Waals surface area contributed by atoms with Gasteiger partial charge in [0.05, 0.1) is 0 Å². The largest absolute Gasteiger partial charge is 0.673 e. The van der Waals surface area contributed by atoms with Crippen LogP contribution in [0.2, 0.25) is 0 Å². The number of halogens is 4. The summed E-state index contributed by atoms with van der Waals surface area (Å²) in [6, 6.07) is 64.5. The molecule has 0 aromatic heterocycles. The van der Waals surface area contributed by atoms with E-state index in [1.165, 1.54) is 69.2 Å². The molecular formula is C48H44BF4P2Rh-. The minimum atomic E-state index is -6.00. The molecule has 0 heterocycles. The van der Waals surface area contributed by atoms with Gasteiger partial charge in [-0.05, 0) is 85.0 Å². The minimum absolute atomic E-state index is 0. The van der Waals surface area contributed by atoms with E-state index in [2.05, 4.69) is 194 Å². The number of hydrogen-bond acceptors (Lipinski definition) is 0. The van der Waals surface area contributed by atoms with Crippen molar-refractivity contribution in [2.45, 2.75) is 48.8 Å². The SMILES string of the molecule is C1=C\CC/C=C\CC/1.F[B-](F)(F)F.[Rh].c1ccc(P(c2ccccc2)[C@@H]2C3c4ccccc4C(c4ccccc43)[C@H]2P(c2ccccc2)c2ccccc2)cc1. The van der Waals surface area contributed by atoms with Crippen molar-refractivity contribution in [2.24, 2.45) is 0 Å². The van der Waals surface area contributed by atoms with Gasteiger partial charge in [-0.25, -0.2) is 0 Å². The predicted molar refractivity (Wildman–Crippen MR) is 229 cm³/mol. The second kappa shape index (κ2) is 20.0. The van der Waals surface area contributed by atoms with Crippen LogP contribution in [0, 0.1) is 0 Å². The topological polar surface area (TPSA) is 0 Å². The molecule has 0 saturated heterocycles. The number of benzene rings is 6. The Morgan fingerprint density at radius 1 is 0.339 bits per heavy atom. The van der Waals surface area contributed by atoms with Gasteiger partial charge in [-0.2, -0.15) is 0 Å². The fraction of sp³-hybridized carbons (Fsp3) is 0.167. The molecular weight excluding hydrogens is 828 g/mol. The maximum absolute atomic E-state index is 9.75. The van der Waals surface area contributed by atoms with Crippen LogP contribution in [-0.2, 0) is 19.5 Å². The zero-order valence-electron chi connectivity index (χ0n) is 30.9. The standard InChI is InChI=1S/C40H32P2.C8H12.BF4.Rh/c1-5-17-29(18-6-1)41(30-19-7-2-8-20-30)39-37-33-25-13-15-27-35(33)38(36-28-16-14-26-34(36)37)40(39)42(31-21-9-3-10-22-31)32-23-11-4-12-24-32;1-2-4-6-8-7-5-3-1;2-1(3,4)5;/h1-28,37-40H;1-2,7-8H,3-6H2;;/q;;-1;/b;2-1-,8-7-;;/t37?,38?,39-,40-;;;/m1.../s1. The molecule has 0 saturated carbocycles. The summed E-state index contributed by atoms with van der Waals surface area (Å²) in [5, 5.41) is 5.92. The molecule has 0 N–H and O–H groups in total. The number of fused-ring (bicyclic) bond motifs is 1. The van der Waals surface area contributed by atoms with E-state index in [1.807, 2.05) is 0 Å². The van der Waals surface area contributed by atoms with E-state index in [0.29, 0.717) is 23.2 Å². The van der Waals surface area contributed by atoms with E-state index in [4.69, 9.17) is 0 Å². The van der Waals surface area contributed by atoms with Gasteiger partial charge in [0.25, 0.3) is 0 Å². The summed E-state index contributed by atoms with van der Waals surface area (Å²) in [6.07, 6.45) is 14.0. The van der Waals surface area contributed by atoms with Gasteiger partial charge < -0.3 is 17.3 Å². The third kappa shape index (κ3) is 9.95. The first kappa shape index (κ1) is 41.7. The summed E-state index contributed by atoms with van der Waals surface area (Å²) < 4.78 is 39.0. The Kier molecular flexibility index (Phi) is 14.9. The maximum Gasteiger partial charge on any atom is 0.673 e. The normalized spacial score (nSPS) is 20.3. The molecule has 10 rings (SSSR count). The molecule has 4 aliphatic rings. The first-order valence-corrected chi connectivity index (χ1v) is 21.9. The van der Waals surface area contributed by atoms with E-state index < -0.39 is 23.1 Å². The van der Waals surface area contributed by atoms with Gasteiger partial charge in [0, 0.05) is 42.6 Å². The molecule has 1 radical (unpaired) electrons. The maximum atomic E-state index is 9.75. The van der Waals surface area contributed by atoms with Crippen LogP contribution >= 0.6 is 15.8 Å². The number of allylic oxidation sites excluding steroid dienone is 4. The molecule has 0 unspecified atom stereocenters. The fourth-order valence-electron chi connectivity index (χ4n) is 8.42. The molecule has 8 heteroatoms. The van der Waals surface area contributed by atoms with E-state index in [-0.39, 0.29) is 19.5 Å². The summed E-state index contributed by atoms with van der Waals surface area (Å²) in [6.45, 7) is 0. The fourth-order valence-corrected chi connectivity index (χ4v) is 15.4. The molecule has 2 bridgehead atoms. The quantitative estimate of drug-likeness (QED) is 0.0677. The van der Waals surface area contributed by atoms with Crippen LogP contribution in [0.3, 0.4) is 0 Å². The number of rotatable bonds is 6. The third-order valence-electron chi connectivity index (χ3n) is 10.4. The van der Waals surface area contributed by atoms with Gasteiger partial charge in [-0.3, -0.25) is 0 Å². The first-order valence-electron chi connectivity index (χ1n) is 19.0. The molecule has 0 spiro atoms. The minimum Gasteiger partial charge on any atom is -0.418 e. The summed E-state index contributed by atoms with van der Waals surface area (Å²) in [5.74, 6) is 0.688. The van der Waals surface area contributed by atoms with Crippen molar-refractivity contribution in [3.63, 3.8) is 0 Å². The van der Waals surface area contributed by atoms with Crippen LogP contribution in [0.1, 0.15) is 59.8 Å². The molecule has 6 aromatic carbocycles. The molecule has 4 aliphatic carbocycles. The van der Waals surface area contributed by atoms with Crippen LogP contribution in [0.5, 0.6) is 0 Å². The summed E-state index contributed by atoms with van der Waals surface area (Å²) in [7, 11) is -7.34. The van der Waals surface area contributed by atoms with Crippen LogP contribution < -0.4 is 21.2 Å². The van der Waals surface area contributed by atoms with E-state index >= 15 is 0 Å². The van der Waals surface area contributed by atoms with Gasteiger partial charge >= 0.3 is 7.25 Å². The average molecular weight is 873 g/mol. The Hall–Kier alpha value is -3.93. The Morgan fingerprint density at radius 2 is 0.536 bits per heavy atom. The molecule has 0 fully saturated rings. The van der Waals surface area contributed by atoms with Crippen molar-refractivity contribution in [1.82, 2.24) is 0 Å². The van der Waals surface area contributed by atoms with Crippen LogP contribution in [0.25, 0.3) is 0 Å². The Morgan fingerprint density at radius 3 is 0.750 bits per heavy atom. The van der Waals surface area contributed by atoms with Gasteiger partial charge in [0.2, 0.25) is 0 Å². The van der Waals surface area contributed by atoms with Gasteiger partial charge in [-0.15, -0.1) is 0 Å². The molecule has 6 aromatic rings. The molecule has 2 atom stereocenters. The van der Waals surface area contributed by atoms with E-state index in [9.17, 15) is 17.3 Å².